The van der Waals surface area contributed by atoms with Crippen LogP contribution in [0.15, 0.2) is 29.3 Å². The van der Waals surface area contributed by atoms with Gasteiger partial charge in [0.25, 0.3) is 0 Å². The second-order valence-corrected chi connectivity index (χ2v) is 4.93. The first-order chi connectivity index (χ1) is 9.16. The van der Waals surface area contributed by atoms with E-state index < -0.39 is 5.91 Å². The molecule has 2 amide bonds. The largest absolute Gasteiger partial charge is 0.368 e. The summed E-state index contributed by atoms with van der Waals surface area (Å²) in [4.78, 5) is 29.9. The number of nitrogens with zero attached hydrogens (tertiary/aromatic N) is 2. The molecular formula is C14H15N3O2. The van der Waals surface area contributed by atoms with E-state index in [2.05, 4.69) is 4.99 Å². The second-order valence-electron chi connectivity index (χ2n) is 4.93. The molecule has 2 aliphatic rings. The molecular weight excluding hydrogens is 242 g/mol. The van der Waals surface area contributed by atoms with E-state index in [0.717, 1.165) is 30.7 Å². The number of primary amides is 1. The Kier molecular flexibility index (Phi) is 2.81. The molecule has 2 N–H and O–H groups in total. The van der Waals surface area contributed by atoms with Crippen molar-refractivity contribution >= 4 is 28.9 Å². The fourth-order valence-corrected chi connectivity index (χ4v) is 2.80. The van der Waals surface area contributed by atoms with Crippen molar-refractivity contribution in [2.45, 2.75) is 19.3 Å². The lowest BCUT2D eigenvalue weighted by Gasteiger charge is -2.23. The molecule has 5 nitrogen and oxygen atoms in total. The van der Waals surface area contributed by atoms with Crippen LogP contribution < -0.4 is 10.6 Å². The van der Waals surface area contributed by atoms with Crippen molar-refractivity contribution in [1.82, 2.24) is 0 Å². The Hall–Kier alpha value is -2.17. The van der Waals surface area contributed by atoms with E-state index in [1.165, 1.54) is 4.90 Å². The Labute approximate surface area is 111 Å². The minimum Gasteiger partial charge on any atom is -0.368 e. The lowest BCUT2D eigenvalue weighted by Crippen LogP contribution is -2.42. The van der Waals surface area contributed by atoms with E-state index in [0.29, 0.717) is 5.69 Å². The van der Waals surface area contributed by atoms with Crippen molar-refractivity contribution in [2.24, 2.45) is 16.6 Å². The molecule has 1 aliphatic heterocycles. The van der Waals surface area contributed by atoms with Crippen LogP contribution in [0.3, 0.4) is 0 Å². The van der Waals surface area contributed by atoms with Gasteiger partial charge >= 0.3 is 0 Å². The third kappa shape index (κ3) is 2.01. The fourth-order valence-electron chi connectivity index (χ4n) is 2.80. The number of para-hydroxylation sites is 2. The molecule has 1 aromatic carbocycles. The molecule has 0 aromatic heterocycles. The van der Waals surface area contributed by atoms with E-state index in [1.807, 2.05) is 18.2 Å². The van der Waals surface area contributed by atoms with Gasteiger partial charge in [-0.3, -0.25) is 14.6 Å². The van der Waals surface area contributed by atoms with Gasteiger partial charge in [-0.1, -0.05) is 12.1 Å². The van der Waals surface area contributed by atoms with Gasteiger partial charge in [-0.05, 0) is 31.4 Å². The number of rotatable bonds is 2. The van der Waals surface area contributed by atoms with E-state index in [9.17, 15) is 9.59 Å². The Balaban J connectivity index is 2.11. The fraction of sp³-hybridized carbons (Fsp3) is 0.357. The molecule has 0 spiro atoms. The maximum absolute atomic E-state index is 12.6. The van der Waals surface area contributed by atoms with E-state index in [1.54, 1.807) is 6.07 Å². The summed E-state index contributed by atoms with van der Waals surface area (Å²) in [6.45, 7) is -0.0881. The molecule has 1 heterocycles. The number of hydrogen-bond acceptors (Lipinski definition) is 3. The number of anilines is 1. The lowest BCUT2D eigenvalue weighted by atomic mass is 10.1. The first-order valence-corrected chi connectivity index (χ1v) is 6.43. The Morgan fingerprint density at radius 3 is 3.00 bits per heavy atom. The highest BCUT2D eigenvalue weighted by atomic mass is 16.2. The zero-order valence-corrected chi connectivity index (χ0v) is 10.5. The van der Waals surface area contributed by atoms with Crippen molar-refractivity contribution < 1.29 is 9.59 Å². The first kappa shape index (κ1) is 11.9. The van der Waals surface area contributed by atoms with Crippen molar-refractivity contribution in [3.8, 4) is 0 Å². The molecule has 0 radical (unpaired) electrons. The van der Waals surface area contributed by atoms with Gasteiger partial charge in [0, 0.05) is 5.71 Å². The number of fused-ring (bicyclic) bond motifs is 2. The molecule has 1 saturated carbocycles. The van der Waals surface area contributed by atoms with Gasteiger partial charge in [0.05, 0.1) is 17.3 Å². The van der Waals surface area contributed by atoms with Crippen LogP contribution in [-0.2, 0) is 9.59 Å². The van der Waals surface area contributed by atoms with Crippen LogP contribution in [0.25, 0.3) is 0 Å². The summed E-state index contributed by atoms with van der Waals surface area (Å²) in [6.07, 6.45) is 2.64. The van der Waals surface area contributed by atoms with Crippen molar-refractivity contribution in [1.29, 1.82) is 0 Å². The minimum absolute atomic E-state index is 0.0556. The van der Waals surface area contributed by atoms with Crippen LogP contribution in [0.4, 0.5) is 11.4 Å². The zero-order valence-electron chi connectivity index (χ0n) is 10.5. The number of hydrogen-bond donors (Lipinski definition) is 1. The molecule has 5 heteroatoms. The highest BCUT2D eigenvalue weighted by Crippen LogP contribution is 2.37. The SMILES string of the molecule is NC(=O)CN1C(=O)C2CCCC2=Nc2ccccc21. The maximum Gasteiger partial charge on any atom is 0.237 e. The first-order valence-electron chi connectivity index (χ1n) is 6.43. The van der Waals surface area contributed by atoms with Crippen LogP contribution >= 0.6 is 0 Å². The number of benzene rings is 1. The normalized spacial score (nSPS) is 21.5. The predicted octanol–water partition coefficient (Wildman–Crippen LogP) is 1.39. The number of amides is 2. The predicted molar refractivity (Wildman–Crippen MR) is 72.4 cm³/mol. The average Bonchev–Trinajstić information content (AvgIpc) is 2.80. The number of carbonyl (C=O) groups is 2. The summed E-state index contributed by atoms with van der Waals surface area (Å²) in [7, 11) is 0. The molecule has 98 valence electrons. The van der Waals surface area contributed by atoms with Gasteiger partial charge in [0.2, 0.25) is 11.8 Å². The molecule has 3 rings (SSSR count). The Bertz CT molecular complexity index is 580. The minimum atomic E-state index is -0.510. The van der Waals surface area contributed by atoms with Gasteiger partial charge in [0.1, 0.15) is 6.54 Å². The topological polar surface area (TPSA) is 75.8 Å². The quantitative estimate of drug-likeness (QED) is 0.869. The molecule has 1 atom stereocenters. The third-order valence-electron chi connectivity index (χ3n) is 3.64. The highest BCUT2D eigenvalue weighted by Gasteiger charge is 2.36. The molecule has 1 aromatic rings. The van der Waals surface area contributed by atoms with Crippen molar-refractivity contribution in [3.05, 3.63) is 24.3 Å². The molecule has 0 bridgehead atoms. The summed E-state index contributed by atoms with van der Waals surface area (Å²) in [5.41, 5.74) is 7.62. The van der Waals surface area contributed by atoms with Crippen molar-refractivity contribution in [2.75, 3.05) is 11.4 Å². The summed E-state index contributed by atoms with van der Waals surface area (Å²) >= 11 is 0. The third-order valence-corrected chi connectivity index (χ3v) is 3.64. The summed E-state index contributed by atoms with van der Waals surface area (Å²) in [6, 6.07) is 7.39. The average molecular weight is 257 g/mol. The number of carbonyl (C=O) groups excluding carboxylic acids is 2. The monoisotopic (exact) mass is 257 g/mol. The second kappa shape index (κ2) is 4.50. The summed E-state index contributed by atoms with van der Waals surface area (Å²) in [5.74, 6) is -0.753. The Morgan fingerprint density at radius 1 is 1.42 bits per heavy atom. The van der Waals surface area contributed by atoms with Crippen LogP contribution in [0.1, 0.15) is 19.3 Å². The smallest absolute Gasteiger partial charge is 0.237 e. The van der Waals surface area contributed by atoms with E-state index in [4.69, 9.17) is 5.73 Å². The van der Waals surface area contributed by atoms with E-state index in [-0.39, 0.29) is 18.4 Å². The van der Waals surface area contributed by atoms with Crippen LogP contribution in [0.2, 0.25) is 0 Å². The molecule has 19 heavy (non-hydrogen) atoms. The van der Waals surface area contributed by atoms with E-state index >= 15 is 0 Å². The van der Waals surface area contributed by atoms with Gasteiger partial charge in [0.15, 0.2) is 0 Å². The molecule has 1 unspecified atom stereocenters. The molecule has 0 saturated heterocycles. The maximum atomic E-state index is 12.6. The van der Waals surface area contributed by atoms with Gasteiger partial charge in [-0.15, -0.1) is 0 Å². The van der Waals surface area contributed by atoms with Crippen LogP contribution in [-0.4, -0.2) is 24.1 Å². The number of aliphatic imine (C=N–C) groups is 1. The standard InChI is InChI=1S/C14H15N3O2/c15-13(18)8-17-12-7-2-1-5-11(12)16-10-6-3-4-9(10)14(17)19/h1-2,5,7,9H,3-4,6,8H2,(H2,15,18). The van der Waals surface area contributed by atoms with Crippen LogP contribution in [0.5, 0.6) is 0 Å². The van der Waals surface area contributed by atoms with Gasteiger partial charge in [-0.25, -0.2) is 0 Å². The Morgan fingerprint density at radius 2 is 2.21 bits per heavy atom. The van der Waals surface area contributed by atoms with Crippen molar-refractivity contribution in [3.63, 3.8) is 0 Å². The van der Waals surface area contributed by atoms with Gasteiger partial charge < -0.3 is 10.6 Å². The van der Waals surface area contributed by atoms with Gasteiger partial charge in [-0.2, -0.15) is 0 Å². The lowest BCUT2D eigenvalue weighted by molar-refractivity contribution is -0.123. The zero-order chi connectivity index (χ0) is 13.4. The number of nitrogens with two attached hydrogens (primary N) is 1. The van der Waals surface area contributed by atoms with Crippen LogP contribution in [0, 0.1) is 5.92 Å². The molecule has 1 aliphatic carbocycles. The summed E-state index contributed by atoms with van der Waals surface area (Å²) in [5, 5.41) is 0. The summed E-state index contributed by atoms with van der Waals surface area (Å²) < 4.78 is 0. The highest BCUT2D eigenvalue weighted by molar-refractivity contribution is 6.16. The molecule has 1 fully saturated rings.